The van der Waals surface area contributed by atoms with Gasteiger partial charge in [-0.2, -0.15) is 0 Å². The largest absolute Gasteiger partial charge is 0.348 e. The molecule has 3 rings (SSSR count). The van der Waals surface area contributed by atoms with Crippen molar-refractivity contribution in [3.05, 3.63) is 65.2 Å². The van der Waals surface area contributed by atoms with Crippen LogP contribution in [0, 0.1) is 11.6 Å². The predicted molar refractivity (Wildman–Crippen MR) is 89.1 cm³/mol. The fourth-order valence-electron chi connectivity index (χ4n) is 2.28. The average molecular weight is 345 g/mol. The fourth-order valence-corrected chi connectivity index (χ4v) is 2.28. The van der Waals surface area contributed by atoms with Gasteiger partial charge in [0.1, 0.15) is 11.6 Å². The Balaban J connectivity index is 1.53. The van der Waals surface area contributed by atoms with Gasteiger partial charge in [-0.1, -0.05) is 0 Å². The van der Waals surface area contributed by atoms with E-state index >= 15 is 0 Å². The Morgan fingerprint density at radius 1 is 1.00 bits per heavy atom. The Morgan fingerprint density at radius 2 is 1.64 bits per heavy atom. The van der Waals surface area contributed by atoms with Gasteiger partial charge in [-0.25, -0.2) is 13.6 Å². The molecule has 0 atom stereocenters. The summed E-state index contributed by atoms with van der Waals surface area (Å²) in [4.78, 5) is 23.7. The van der Waals surface area contributed by atoms with Crippen molar-refractivity contribution in [3.8, 4) is 0 Å². The quantitative estimate of drug-likeness (QED) is 0.779. The second-order valence-electron chi connectivity index (χ2n) is 5.91. The first kappa shape index (κ1) is 16.9. The lowest BCUT2D eigenvalue weighted by Gasteiger charge is -2.08. The smallest absolute Gasteiger partial charge is 0.319 e. The molecule has 7 heteroatoms. The van der Waals surface area contributed by atoms with Crippen LogP contribution in [0.3, 0.4) is 0 Å². The number of anilines is 1. The van der Waals surface area contributed by atoms with Crippen LogP contribution in [-0.2, 0) is 6.54 Å². The van der Waals surface area contributed by atoms with E-state index in [1.807, 2.05) is 0 Å². The van der Waals surface area contributed by atoms with Gasteiger partial charge < -0.3 is 16.0 Å². The van der Waals surface area contributed by atoms with E-state index in [4.69, 9.17) is 0 Å². The van der Waals surface area contributed by atoms with Crippen molar-refractivity contribution in [1.29, 1.82) is 0 Å². The van der Waals surface area contributed by atoms with Crippen molar-refractivity contribution in [3.63, 3.8) is 0 Å². The van der Waals surface area contributed by atoms with Crippen LogP contribution in [0.1, 0.15) is 28.8 Å². The number of amides is 3. The third-order valence-electron chi connectivity index (χ3n) is 3.69. The van der Waals surface area contributed by atoms with Crippen molar-refractivity contribution in [2.75, 3.05) is 5.32 Å². The zero-order chi connectivity index (χ0) is 17.8. The van der Waals surface area contributed by atoms with Gasteiger partial charge in [-0.15, -0.1) is 0 Å². The number of hydrogen-bond donors (Lipinski definition) is 3. The summed E-state index contributed by atoms with van der Waals surface area (Å²) >= 11 is 0. The maximum Gasteiger partial charge on any atom is 0.319 e. The first-order valence-corrected chi connectivity index (χ1v) is 7.90. The van der Waals surface area contributed by atoms with Crippen LogP contribution in [0.2, 0.25) is 0 Å². The van der Waals surface area contributed by atoms with Crippen LogP contribution in [-0.4, -0.2) is 18.0 Å². The molecule has 2 aromatic rings. The summed E-state index contributed by atoms with van der Waals surface area (Å²) in [5.41, 5.74) is 1.29. The Morgan fingerprint density at radius 3 is 2.24 bits per heavy atom. The number of rotatable bonds is 5. The Labute approximate surface area is 143 Å². The lowest BCUT2D eigenvalue weighted by molar-refractivity contribution is 0.0951. The molecule has 2 aromatic carbocycles. The van der Waals surface area contributed by atoms with Crippen molar-refractivity contribution >= 4 is 17.6 Å². The standard InChI is InChI=1S/C18H17F2N3O2/c19-13-7-11(8-14(20)9-13)10-21-17(24)12-1-3-15(4-2-12)22-18(25)23-16-5-6-16/h1-4,7-9,16H,5-6,10H2,(H,21,24)(H2,22,23,25). The number of benzene rings is 2. The molecule has 0 aromatic heterocycles. The molecule has 0 bridgehead atoms. The molecule has 5 nitrogen and oxygen atoms in total. The molecular formula is C18H17F2N3O2. The molecule has 1 aliphatic rings. The van der Waals surface area contributed by atoms with Crippen LogP contribution >= 0.6 is 0 Å². The number of carbonyl (C=O) groups excluding carboxylic acids is 2. The van der Waals surface area contributed by atoms with E-state index in [9.17, 15) is 18.4 Å². The van der Waals surface area contributed by atoms with Crippen molar-refractivity contribution in [1.82, 2.24) is 10.6 Å². The molecule has 0 heterocycles. The van der Waals surface area contributed by atoms with Crippen LogP contribution in [0.25, 0.3) is 0 Å². The zero-order valence-electron chi connectivity index (χ0n) is 13.3. The highest BCUT2D eigenvalue weighted by molar-refractivity contribution is 5.95. The summed E-state index contributed by atoms with van der Waals surface area (Å²) in [5.74, 6) is -1.76. The highest BCUT2D eigenvalue weighted by Gasteiger charge is 2.23. The van der Waals surface area contributed by atoms with E-state index in [2.05, 4.69) is 16.0 Å². The summed E-state index contributed by atoms with van der Waals surface area (Å²) < 4.78 is 26.2. The minimum atomic E-state index is -0.691. The summed E-state index contributed by atoms with van der Waals surface area (Å²) in [5, 5.41) is 8.07. The van der Waals surface area contributed by atoms with E-state index < -0.39 is 11.6 Å². The monoisotopic (exact) mass is 345 g/mol. The van der Waals surface area contributed by atoms with Crippen molar-refractivity contribution in [2.24, 2.45) is 0 Å². The zero-order valence-corrected chi connectivity index (χ0v) is 13.3. The molecule has 3 amide bonds. The SMILES string of the molecule is O=C(Nc1ccc(C(=O)NCc2cc(F)cc(F)c2)cc1)NC1CC1. The lowest BCUT2D eigenvalue weighted by Crippen LogP contribution is -2.30. The molecule has 25 heavy (non-hydrogen) atoms. The number of halogens is 2. The Hall–Kier alpha value is -2.96. The van der Waals surface area contributed by atoms with E-state index in [0.717, 1.165) is 31.0 Å². The van der Waals surface area contributed by atoms with Gasteiger partial charge >= 0.3 is 6.03 Å². The molecule has 1 aliphatic carbocycles. The minimum Gasteiger partial charge on any atom is -0.348 e. The first-order chi connectivity index (χ1) is 12.0. The van der Waals surface area contributed by atoms with Gasteiger partial charge in [0.15, 0.2) is 0 Å². The number of hydrogen-bond acceptors (Lipinski definition) is 2. The lowest BCUT2D eigenvalue weighted by atomic mass is 10.1. The Bertz CT molecular complexity index is 769. The predicted octanol–water partition coefficient (Wildman–Crippen LogP) is 3.18. The molecular weight excluding hydrogens is 328 g/mol. The fraction of sp³-hybridized carbons (Fsp3) is 0.222. The number of nitrogens with one attached hydrogen (secondary N) is 3. The van der Waals surface area contributed by atoms with Crippen LogP contribution in [0.4, 0.5) is 19.3 Å². The highest BCUT2D eigenvalue weighted by atomic mass is 19.1. The van der Waals surface area contributed by atoms with Gasteiger partial charge in [-0.05, 0) is 54.8 Å². The highest BCUT2D eigenvalue weighted by Crippen LogP contribution is 2.19. The van der Waals surface area contributed by atoms with Gasteiger partial charge in [0.25, 0.3) is 5.91 Å². The van der Waals surface area contributed by atoms with Crippen molar-refractivity contribution in [2.45, 2.75) is 25.4 Å². The van der Waals surface area contributed by atoms with Gasteiger partial charge in [0.05, 0.1) is 0 Å². The Kier molecular flexibility index (Phi) is 4.92. The number of urea groups is 1. The molecule has 1 fully saturated rings. The maximum atomic E-state index is 13.1. The number of carbonyl (C=O) groups is 2. The van der Waals surface area contributed by atoms with E-state index in [1.165, 1.54) is 0 Å². The first-order valence-electron chi connectivity index (χ1n) is 7.90. The molecule has 0 aliphatic heterocycles. The second kappa shape index (κ2) is 7.29. The normalized spacial score (nSPS) is 13.2. The van der Waals surface area contributed by atoms with Gasteiger partial charge in [0.2, 0.25) is 0 Å². The second-order valence-corrected chi connectivity index (χ2v) is 5.91. The van der Waals surface area contributed by atoms with Gasteiger partial charge in [-0.3, -0.25) is 4.79 Å². The van der Waals surface area contributed by atoms with Gasteiger partial charge in [0, 0.05) is 29.9 Å². The van der Waals surface area contributed by atoms with E-state index in [-0.39, 0.29) is 24.5 Å². The van der Waals surface area contributed by atoms with Crippen LogP contribution < -0.4 is 16.0 Å². The third-order valence-corrected chi connectivity index (χ3v) is 3.69. The topological polar surface area (TPSA) is 70.2 Å². The van der Waals surface area contributed by atoms with E-state index in [0.29, 0.717) is 16.8 Å². The minimum absolute atomic E-state index is 0.0112. The van der Waals surface area contributed by atoms with E-state index in [1.54, 1.807) is 24.3 Å². The molecule has 1 saturated carbocycles. The summed E-state index contributed by atoms with van der Waals surface area (Å²) in [6.45, 7) is 0.0112. The summed E-state index contributed by atoms with van der Waals surface area (Å²) in [7, 11) is 0. The molecule has 3 N–H and O–H groups in total. The summed E-state index contributed by atoms with van der Waals surface area (Å²) in [6.07, 6.45) is 2.00. The van der Waals surface area contributed by atoms with Crippen molar-refractivity contribution < 1.29 is 18.4 Å². The molecule has 0 unspecified atom stereocenters. The molecule has 0 saturated heterocycles. The van der Waals surface area contributed by atoms with Crippen LogP contribution in [0.5, 0.6) is 0 Å². The summed E-state index contributed by atoms with van der Waals surface area (Å²) in [6, 6.07) is 9.44. The molecule has 0 spiro atoms. The molecule has 130 valence electrons. The molecule has 0 radical (unpaired) electrons. The maximum absolute atomic E-state index is 13.1. The third kappa shape index (κ3) is 5.00. The average Bonchev–Trinajstić information content (AvgIpc) is 3.36. The van der Waals surface area contributed by atoms with Crippen LogP contribution in [0.15, 0.2) is 42.5 Å².